The molecule has 0 aliphatic rings. The molecule has 80 valence electrons. The van der Waals surface area contributed by atoms with Crippen molar-refractivity contribution in [2.45, 2.75) is 46.1 Å². The summed E-state index contributed by atoms with van der Waals surface area (Å²) >= 11 is 0. The van der Waals surface area contributed by atoms with Gasteiger partial charge in [0, 0.05) is 19.8 Å². The average Bonchev–Trinajstić information content (AvgIpc) is 2.10. The molecule has 0 aliphatic heterocycles. The van der Waals surface area contributed by atoms with Gasteiger partial charge in [-0.15, -0.1) is 0 Å². The monoisotopic (exact) mass is 187 g/mol. The smallest absolute Gasteiger partial charge is 0.0462 e. The summed E-state index contributed by atoms with van der Waals surface area (Å²) in [5.41, 5.74) is 0. The highest BCUT2D eigenvalue weighted by Crippen LogP contribution is 2.08. The van der Waals surface area contributed by atoms with E-state index in [0.29, 0.717) is 6.04 Å². The van der Waals surface area contributed by atoms with Gasteiger partial charge in [0.2, 0.25) is 0 Å². The fraction of sp³-hybridized carbons (Fsp3) is 1.00. The van der Waals surface area contributed by atoms with Gasteiger partial charge >= 0.3 is 0 Å². The first-order valence-corrected chi connectivity index (χ1v) is 5.44. The van der Waals surface area contributed by atoms with Crippen molar-refractivity contribution in [2.24, 2.45) is 5.92 Å². The van der Waals surface area contributed by atoms with Crippen LogP contribution in [0, 0.1) is 5.92 Å². The van der Waals surface area contributed by atoms with Gasteiger partial charge in [-0.05, 0) is 31.7 Å². The summed E-state index contributed by atoms with van der Waals surface area (Å²) in [6.45, 7) is 8.78. The first-order chi connectivity index (χ1) is 6.22. The van der Waals surface area contributed by atoms with Crippen LogP contribution < -0.4 is 5.32 Å². The van der Waals surface area contributed by atoms with Gasteiger partial charge in [0.1, 0.15) is 0 Å². The molecule has 0 radical (unpaired) electrons. The van der Waals surface area contributed by atoms with Crippen molar-refractivity contribution in [1.82, 2.24) is 5.32 Å². The summed E-state index contributed by atoms with van der Waals surface area (Å²) in [7, 11) is 1.77. The van der Waals surface area contributed by atoms with Gasteiger partial charge < -0.3 is 10.1 Å². The topological polar surface area (TPSA) is 21.3 Å². The molecule has 0 saturated carbocycles. The largest absolute Gasteiger partial charge is 0.385 e. The lowest BCUT2D eigenvalue weighted by atomic mass is 9.99. The minimum atomic E-state index is 0.662. The summed E-state index contributed by atoms with van der Waals surface area (Å²) in [5, 5.41) is 3.57. The molecular formula is C11H25NO. The fourth-order valence-electron chi connectivity index (χ4n) is 1.45. The zero-order valence-electron chi connectivity index (χ0n) is 9.60. The highest BCUT2D eigenvalue weighted by molar-refractivity contribution is 4.69. The van der Waals surface area contributed by atoms with Gasteiger partial charge in [-0.3, -0.25) is 0 Å². The molecule has 1 unspecified atom stereocenters. The lowest BCUT2D eigenvalue weighted by molar-refractivity contribution is 0.185. The van der Waals surface area contributed by atoms with E-state index in [0.717, 1.165) is 25.5 Å². The second-order valence-electron chi connectivity index (χ2n) is 3.94. The van der Waals surface area contributed by atoms with E-state index in [1.165, 1.54) is 12.8 Å². The van der Waals surface area contributed by atoms with Crippen LogP contribution in [0.5, 0.6) is 0 Å². The molecule has 1 atom stereocenters. The molecule has 0 aliphatic carbocycles. The van der Waals surface area contributed by atoms with E-state index in [2.05, 4.69) is 26.1 Å². The summed E-state index contributed by atoms with van der Waals surface area (Å²) in [4.78, 5) is 0. The van der Waals surface area contributed by atoms with Gasteiger partial charge in [-0.25, -0.2) is 0 Å². The Morgan fingerprint density at radius 3 is 2.46 bits per heavy atom. The first-order valence-electron chi connectivity index (χ1n) is 5.44. The van der Waals surface area contributed by atoms with Crippen molar-refractivity contribution >= 4 is 0 Å². The molecule has 0 saturated heterocycles. The minimum absolute atomic E-state index is 0.662. The molecule has 0 amide bonds. The Morgan fingerprint density at radius 2 is 2.00 bits per heavy atom. The van der Waals surface area contributed by atoms with Crippen molar-refractivity contribution in [2.75, 3.05) is 20.3 Å². The van der Waals surface area contributed by atoms with Crippen LogP contribution in [-0.2, 0) is 4.74 Å². The number of ether oxygens (including phenoxy) is 1. The Bertz CT molecular complexity index is 104. The first kappa shape index (κ1) is 12.9. The molecule has 0 aromatic rings. The normalized spacial score (nSPS) is 13.6. The average molecular weight is 187 g/mol. The lowest BCUT2D eigenvalue weighted by Gasteiger charge is -2.22. The Labute approximate surface area is 83.1 Å². The number of hydrogen-bond donors (Lipinski definition) is 1. The number of hydrogen-bond acceptors (Lipinski definition) is 2. The number of rotatable bonds is 8. The Kier molecular flexibility index (Phi) is 8.46. The van der Waals surface area contributed by atoms with E-state index >= 15 is 0 Å². The summed E-state index contributed by atoms with van der Waals surface area (Å²) < 4.78 is 5.05. The zero-order chi connectivity index (χ0) is 10.1. The minimum Gasteiger partial charge on any atom is -0.385 e. The maximum atomic E-state index is 5.05. The Morgan fingerprint density at radius 1 is 1.31 bits per heavy atom. The zero-order valence-corrected chi connectivity index (χ0v) is 9.60. The molecule has 0 aromatic heterocycles. The molecule has 1 N–H and O–H groups in total. The number of nitrogens with one attached hydrogen (secondary N) is 1. The molecular weight excluding hydrogens is 162 g/mol. The lowest BCUT2D eigenvalue weighted by Crippen LogP contribution is -2.34. The van der Waals surface area contributed by atoms with E-state index in [9.17, 15) is 0 Å². The molecule has 0 fully saturated rings. The van der Waals surface area contributed by atoms with Crippen LogP contribution in [0.15, 0.2) is 0 Å². The fourth-order valence-corrected chi connectivity index (χ4v) is 1.45. The van der Waals surface area contributed by atoms with Crippen molar-refractivity contribution < 1.29 is 4.74 Å². The third-order valence-electron chi connectivity index (χ3n) is 2.32. The molecule has 0 spiro atoms. The van der Waals surface area contributed by atoms with Crippen LogP contribution in [0.4, 0.5) is 0 Å². The maximum absolute atomic E-state index is 5.05. The van der Waals surface area contributed by atoms with Gasteiger partial charge in [-0.1, -0.05) is 20.8 Å². The third kappa shape index (κ3) is 7.03. The highest BCUT2D eigenvalue weighted by atomic mass is 16.5. The molecule has 0 bridgehead atoms. The Balaban J connectivity index is 3.54. The van der Waals surface area contributed by atoms with Crippen molar-refractivity contribution in [3.05, 3.63) is 0 Å². The quantitative estimate of drug-likeness (QED) is 0.589. The molecule has 13 heavy (non-hydrogen) atoms. The van der Waals surface area contributed by atoms with Crippen molar-refractivity contribution in [1.29, 1.82) is 0 Å². The summed E-state index contributed by atoms with van der Waals surface area (Å²) in [6.07, 6.45) is 3.61. The predicted molar refractivity (Wildman–Crippen MR) is 58.0 cm³/mol. The van der Waals surface area contributed by atoms with E-state index < -0.39 is 0 Å². The van der Waals surface area contributed by atoms with Gasteiger partial charge in [-0.2, -0.15) is 0 Å². The van der Waals surface area contributed by atoms with Gasteiger partial charge in [0.25, 0.3) is 0 Å². The standard InChI is InChI=1S/C11H25NO/c1-5-8-12-11(10(2)3)7-6-9-13-4/h10-12H,5-9H2,1-4H3. The van der Waals surface area contributed by atoms with Crippen LogP contribution in [0.3, 0.4) is 0 Å². The van der Waals surface area contributed by atoms with E-state index in [1.54, 1.807) is 7.11 Å². The van der Waals surface area contributed by atoms with Crippen molar-refractivity contribution in [3.63, 3.8) is 0 Å². The second-order valence-corrected chi connectivity index (χ2v) is 3.94. The van der Waals surface area contributed by atoms with E-state index in [4.69, 9.17) is 4.74 Å². The maximum Gasteiger partial charge on any atom is 0.0462 e. The van der Waals surface area contributed by atoms with Crippen LogP contribution in [0.25, 0.3) is 0 Å². The summed E-state index contributed by atoms with van der Waals surface area (Å²) in [5.74, 6) is 0.725. The van der Waals surface area contributed by atoms with Crippen LogP contribution in [0.2, 0.25) is 0 Å². The third-order valence-corrected chi connectivity index (χ3v) is 2.32. The van der Waals surface area contributed by atoms with Crippen molar-refractivity contribution in [3.8, 4) is 0 Å². The molecule has 0 heterocycles. The second kappa shape index (κ2) is 8.52. The van der Waals surface area contributed by atoms with E-state index in [-0.39, 0.29) is 0 Å². The van der Waals surface area contributed by atoms with Gasteiger partial charge in [0.05, 0.1) is 0 Å². The molecule has 0 aromatic carbocycles. The Hall–Kier alpha value is -0.0800. The summed E-state index contributed by atoms with van der Waals surface area (Å²) in [6, 6.07) is 0.662. The molecule has 2 nitrogen and oxygen atoms in total. The van der Waals surface area contributed by atoms with Gasteiger partial charge in [0.15, 0.2) is 0 Å². The SMILES string of the molecule is CCCNC(CCCOC)C(C)C. The van der Waals surface area contributed by atoms with Crippen LogP contribution in [0.1, 0.15) is 40.0 Å². The predicted octanol–water partition coefficient (Wildman–Crippen LogP) is 2.44. The number of methoxy groups -OCH3 is 1. The molecule has 2 heteroatoms. The van der Waals surface area contributed by atoms with E-state index in [1.807, 2.05) is 0 Å². The highest BCUT2D eigenvalue weighted by Gasteiger charge is 2.10. The molecule has 0 rings (SSSR count). The van der Waals surface area contributed by atoms with Crippen LogP contribution in [-0.4, -0.2) is 26.3 Å². The van der Waals surface area contributed by atoms with Crippen LogP contribution >= 0.6 is 0 Å².